The minimum Gasteiger partial charge on any atom is -0.361 e. The summed E-state index contributed by atoms with van der Waals surface area (Å²) in [6.45, 7) is 8.48. The average Bonchev–Trinajstić information content (AvgIpc) is 2.76. The lowest BCUT2D eigenvalue weighted by Crippen LogP contribution is -2.35. The lowest BCUT2D eigenvalue weighted by Gasteiger charge is -2.22. The van der Waals surface area contributed by atoms with Gasteiger partial charge >= 0.3 is 0 Å². The molecule has 0 bridgehead atoms. The highest BCUT2D eigenvalue weighted by Crippen LogP contribution is 2.18. The van der Waals surface area contributed by atoms with Gasteiger partial charge in [0, 0.05) is 26.2 Å². The van der Waals surface area contributed by atoms with Crippen molar-refractivity contribution in [2.24, 2.45) is 0 Å². The molecule has 122 valence electrons. The van der Waals surface area contributed by atoms with Gasteiger partial charge in [-0.05, 0) is 39.3 Å². The lowest BCUT2D eigenvalue weighted by molar-refractivity contribution is 0.0764. The van der Waals surface area contributed by atoms with Crippen molar-refractivity contribution < 1.29 is 9.32 Å². The molecular weight excluding hydrogens is 294 g/mol. The maximum absolute atomic E-state index is 12.7. The largest absolute Gasteiger partial charge is 0.361 e. The van der Waals surface area contributed by atoms with E-state index in [4.69, 9.17) is 4.52 Å². The number of hydrogen-bond donors (Lipinski definition) is 0. The highest BCUT2D eigenvalue weighted by Gasteiger charge is 2.25. The molecule has 1 aliphatic rings. The predicted octanol–water partition coefficient (Wildman–Crippen LogP) is 1.74. The van der Waals surface area contributed by atoms with E-state index in [1.807, 2.05) is 24.0 Å². The molecule has 2 aromatic heterocycles. The van der Waals surface area contributed by atoms with Gasteiger partial charge < -0.3 is 14.3 Å². The van der Waals surface area contributed by atoms with Crippen LogP contribution in [0.3, 0.4) is 0 Å². The van der Waals surface area contributed by atoms with Crippen molar-refractivity contribution in [3.05, 3.63) is 34.8 Å². The van der Waals surface area contributed by atoms with Crippen LogP contribution in [0.15, 0.2) is 16.7 Å². The van der Waals surface area contributed by atoms with Crippen LogP contribution in [0, 0.1) is 20.8 Å². The average molecular weight is 315 g/mol. The van der Waals surface area contributed by atoms with Gasteiger partial charge in [-0.1, -0.05) is 5.16 Å². The van der Waals surface area contributed by atoms with Gasteiger partial charge in [-0.3, -0.25) is 4.79 Å². The number of carbonyl (C=O) groups is 1. The van der Waals surface area contributed by atoms with Crippen molar-refractivity contribution in [1.29, 1.82) is 0 Å². The standard InChI is InChI=1S/C16H21N5O2/c1-11-5-6-14(18-17-11)20-7-4-8-21(10-9-20)16(22)15-12(2)19-23-13(15)3/h5-6H,4,7-10H2,1-3H3. The zero-order valence-corrected chi connectivity index (χ0v) is 13.7. The summed E-state index contributed by atoms with van der Waals surface area (Å²) < 4.78 is 5.11. The summed E-state index contributed by atoms with van der Waals surface area (Å²) in [5.74, 6) is 1.44. The summed E-state index contributed by atoms with van der Waals surface area (Å²) in [4.78, 5) is 16.8. The van der Waals surface area contributed by atoms with Crippen molar-refractivity contribution in [2.45, 2.75) is 27.2 Å². The normalized spacial score (nSPS) is 15.6. The fraction of sp³-hybridized carbons (Fsp3) is 0.500. The number of hydrogen-bond acceptors (Lipinski definition) is 6. The lowest BCUT2D eigenvalue weighted by atomic mass is 10.1. The van der Waals surface area contributed by atoms with Crippen LogP contribution in [0.5, 0.6) is 0 Å². The maximum atomic E-state index is 12.7. The zero-order valence-electron chi connectivity index (χ0n) is 13.7. The van der Waals surface area contributed by atoms with Gasteiger partial charge in [0.15, 0.2) is 5.82 Å². The first-order chi connectivity index (χ1) is 11.1. The topological polar surface area (TPSA) is 75.4 Å². The van der Waals surface area contributed by atoms with E-state index < -0.39 is 0 Å². The van der Waals surface area contributed by atoms with Gasteiger partial charge in [-0.15, -0.1) is 5.10 Å². The fourth-order valence-corrected chi connectivity index (χ4v) is 2.86. The van der Waals surface area contributed by atoms with E-state index in [0.717, 1.165) is 37.6 Å². The Morgan fingerprint density at radius 1 is 1.09 bits per heavy atom. The van der Waals surface area contributed by atoms with Gasteiger partial charge in [-0.25, -0.2) is 0 Å². The number of amides is 1. The molecule has 0 aliphatic carbocycles. The van der Waals surface area contributed by atoms with E-state index in [1.54, 1.807) is 13.8 Å². The van der Waals surface area contributed by atoms with E-state index in [-0.39, 0.29) is 5.91 Å². The molecule has 1 saturated heterocycles. The van der Waals surface area contributed by atoms with Crippen molar-refractivity contribution in [3.63, 3.8) is 0 Å². The molecule has 0 spiro atoms. The van der Waals surface area contributed by atoms with Crippen LogP contribution in [0.25, 0.3) is 0 Å². The minimum atomic E-state index is -0.00177. The Balaban J connectivity index is 1.71. The first-order valence-corrected chi connectivity index (χ1v) is 7.83. The highest BCUT2D eigenvalue weighted by molar-refractivity contribution is 5.96. The van der Waals surface area contributed by atoms with Crippen LogP contribution < -0.4 is 4.90 Å². The Hall–Kier alpha value is -2.44. The molecule has 2 aromatic rings. The van der Waals surface area contributed by atoms with Gasteiger partial charge in [0.05, 0.1) is 11.4 Å². The molecular formula is C16H21N5O2. The summed E-state index contributed by atoms with van der Waals surface area (Å²) in [7, 11) is 0. The Kier molecular flexibility index (Phi) is 4.27. The van der Waals surface area contributed by atoms with E-state index in [2.05, 4.69) is 20.3 Å². The molecule has 0 atom stereocenters. The third-order valence-corrected chi connectivity index (χ3v) is 4.14. The summed E-state index contributed by atoms with van der Waals surface area (Å²) >= 11 is 0. The zero-order chi connectivity index (χ0) is 16.4. The van der Waals surface area contributed by atoms with E-state index in [0.29, 0.717) is 23.6 Å². The first-order valence-electron chi connectivity index (χ1n) is 7.83. The maximum Gasteiger partial charge on any atom is 0.259 e. The molecule has 7 nitrogen and oxygen atoms in total. The van der Waals surface area contributed by atoms with Crippen molar-refractivity contribution in [2.75, 3.05) is 31.1 Å². The second-order valence-electron chi connectivity index (χ2n) is 5.86. The van der Waals surface area contributed by atoms with Crippen molar-refractivity contribution >= 4 is 11.7 Å². The molecule has 0 aromatic carbocycles. The third kappa shape index (κ3) is 3.18. The number of aryl methyl sites for hydroxylation is 3. The monoisotopic (exact) mass is 315 g/mol. The first kappa shape index (κ1) is 15.5. The molecule has 3 rings (SSSR count). The Morgan fingerprint density at radius 2 is 1.91 bits per heavy atom. The SMILES string of the molecule is Cc1ccc(N2CCCN(C(=O)c3c(C)noc3C)CC2)nn1. The number of anilines is 1. The van der Waals surface area contributed by atoms with Crippen LogP contribution in [0.4, 0.5) is 5.82 Å². The van der Waals surface area contributed by atoms with Gasteiger partial charge in [0.2, 0.25) is 0 Å². The van der Waals surface area contributed by atoms with Crippen molar-refractivity contribution in [3.8, 4) is 0 Å². The minimum absolute atomic E-state index is 0.00177. The molecule has 23 heavy (non-hydrogen) atoms. The smallest absolute Gasteiger partial charge is 0.259 e. The van der Waals surface area contributed by atoms with Gasteiger partial charge in [0.1, 0.15) is 11.3 Å². The number of aromatic nitrogens is 3. The predicted molar refractivity (Wildman–Crippen MR) is 85.5 cm³/mol. The Bertz CT molecular complexity index is 675. The molecule has 7 heteroatoms. The summed E-state index contributed by atoms with van der Waals surface area (Å²) in [6.07, 6.45) is 0.894. The van der Waals surface area contributed by atoms with E-state index in [9.17, 15) is 4.79 Å². The molecule has 1 fully saturated rings. The number of nitrogens with zero attached hydrogens (tertiary/aromatic N) is 5. The van der Waals surface area contributed by atoms with Gasteiger partial charge in [0.25, 0.3) is 5.91 Å². The van der Waals surface area contributed by atoms with Crippen LogP contribution in [0.2, 0.25) is 0 Å². The summed E-state index contributed by atoms with van der Waals surface area (Å²) in [5, 5.41) is 12.2. The fourth-order valence-electron chi connectivity index (χ4n) is 2.86. The molecule has 0 unspecified atom stereocenters. The second kappa shape index (κ2) is 6.36. The molecule has 0 saturated carbocycles. The Morgan fingerprint density at radius 3 is 2.57 bits per heavy atom. The summed E-state index contributed by atoms with van der Waals surface area (Å²) in [6, 6.07) is 3.94. The van der Waals surface area contributed by atoms with Crippen LogP contribution in [0.1, 0.15) is 33.9 Å². The molecule has 0 radical (unpaired) electrons. The van der Waals surface area contributed by atoms with Crippen LogP contribution in [-0.2, 0) is 0 Å². The van der Waals surface area contributed by atoms with E-state index >= 15 is 0 Å². The third-order valence-electron chi connectivity index (χ3n) is 4.14. The van der Waals surface area contributed by atoms with Crippen molar-refractivity contribution in [1.82, 2.24) is 20.3 Å². The second-order valence-corrected chi connectivity index (χ2v) is 5.86. The highest BCUT2D eigenvalue weighted by atomic mass is 16.5. The number of rotatable bonds is 2. The molecule has 3 heterocycles. The molecule has 1 aliphatic heterocycles. The Labute approximate surface area is 135 Å². The molecule has 1 amide bonds. The van der Waals surface area contributed by atoms with Crippen LogP contribution in [-0.4, -0.2) is 52.3 Å². The van der Waals surface area contributed by atoms with E-state index in [1.165, 1.54) is 0 Å². The van der Waals surface area contributed by atoms with Gasteiger partial charge in [-0.2, -0.15) is 5.10 Å². The van der Waals surface area contributed by atoms with Crippen LogP contribution >= 0.6 is 0 Å². The molecule has 0 N–H and O–H groups in total. The number of carbonyl (C=O) groups excluding carboxylic acids is 1. The quantitative estimate of drug-likeness (QED) is 0.840. The summed E-state index contributed by atoms with van der Waals surface area (Å²) in [5.41, 5.74) is 2.14.